The number of carbonyl (C=O) groups excluding carboxylic acids is 1. The molecule has 0 aliphatic carbocycles. The molecule has 7 heteroatoms. The van der Waals surface area contributed by atoms with E-state index in [0.717, 1.165) is 48.8 Å². The summed E-state index contributed by atoms with van der Waals surface area (Å²) in [5, 5.41) is 2.89. The van der Waals surface area contributed by atoms with Crippen molar-refractivity contribution in [3.05, 3.63) is 72.4 Å². The van der Waals surface area contributed by atoms with Crippen molar-refractivity contribution in [2.24, 2.45) is 0 Å². The summed E-state index contributed by atoms with van der Waals surface area (Å²) >= 11 is 0. The topological polar surface area (TPSA) is 80.2 Å². The van der Waals surface area contributed by atoms with Gasteiger partial charge in [0.25, 0.3) is 5.91 Å². The van der Waals surface area contributed by atoms with Gasteiger partial charge in [-0.1, -0.05) is 6.07 Å². The van der Waals surface area contributed by atoms with Crippen LogP contribution in [0.2, 0.25) is 0 Å². The van der Waals surface area contributed by atoms with Gasteiger partial charge in [0.05, 0.1) is 18.8 Å². The molecule has 1 aliphatic rings. The second-order valence-corrected chi connectivity index (χ2v) is 6.51. The van der Waals surface area contributed by atoms with E-state index in [1.165, 1.54) is 0 Å². The molecule has 0 unspecified atom stereocenters. The molecule has 4 heterocycles. The van der Waals surface area contributed by atoms with Crippen LogP contribution in [0.5, 0.6) is 0 Å². The number of morpholine rings is 1. The molecule has 28 heavy (non-hydrogen) atoms. The molecule has 1 saturated heterocycles. The molecule has 0 atom stereocenters. The summed E-state index contributed by atoms with van der Waals surface area (Å²) in [4.78, 5) is 27.5. The van der Waals surface area contributed by atoms with Gasteiger partial charge in [0.2, 0.25) is 0 Å². The minimum Gasteiger partial charge on any atom is -0.378 e. The van der Waals surface area contributed by atoms with Gasteiger partial charge in [-0.15, -0.1) is 0 Å². The molecule has 1 amide bonds. The lowest BCUT2D eigenvalue weighted by Crippen LogP contribution is -2.36. The van der Waals surface area contributed by atoms with Crippen molar-refractivity contribution < 1.29 is 9.53 Å². The fraction of sp³-hybridized carbons (Fsp3) is 0.238. The Balaban J connectivity index is 1.44. The highest BCUT2D eigenvalue weighted by Crippen LogP contribution is 2.21. The first-order valence-corrected chi connectivity index (χ1v) is 9.21. The number of carbonyl (C=O) groups is 1. The highest BCUT2D eigenvalue weighted by Gasteiger charge is 2.13. The van der Waals surface area contributed by atoms with Crippen molar-refractivity contribution in [3.8, 4) is 11.1 Å². The Hall–Kier alpha value is -3.32. The lowest BCUT2D eigenvalue weighted by molar-refractivity contribution is 0.0950. The lowest BCUT2D eigenvalue weighted by Gasteiger charge is -2.27. The van der Waals surface area contributed by atoms with E-state index in [1.54, 1.807) is 24.8 Å². The fourth-order valence-electron chi connectivity index (χ4n) is 3.05. The quantitative estimate of drug-likeness (QED) is 0.737. The summed E-state index contributed by atoms with van der Waals surface area (Å²) in [5.74, 6) is 0.765. The Morgan fingerprint density at radius 2 is 1.93 bits per heavy atom. The second kappa shape index (κ2) is 8.58. The molecular formula is C21H21N5O2. The zero-order chi connectivity index (χ0) is 19.2. The smallest absolute Gasteiger partial charge is 0.253 e. The van der Waals surface area contributed by atoms with Crippen LogP contribution in [-0.4, -0.2) is 47.2 Å². The molecule has 0 bridgehead atoms. The third-order valence-corrected chi connectivity index (χ3v) is 4.59. The van der Waals surface area contributed by atoms with Crippen LogP contribution in [0.25, 0.3) is 11.1 Å². The molecule has 4 rings (SSSR count). The predicted molar refractivity (Wildman–Crippen MR) is 106 cm³/mol. The average molecular weight is 375 g/mol. The molecule has 1 aliphatic heterocycles. The Kier molecular flexibility index (Phi) is 5.53. The number of pyridine rings is 3. The molecule has 7 nitrogen and oxygen atoms in total. The van der Waals surface area contributed by atoms with E-state index in [4.69, 9.17) is 4.74 Å². The number of rotatable bonds is 5. The van der Waals surface area contributed by atoms with E-state index in [-0.39, 0.29) is 5.91 Å². The Morgan fingerprint density at radius 1 is 1.04 bits per heavy atom. The summed E-state index contributed by atoms with van der Waals surface area (Å²) < 4.78 is 5.38. The Morgan fingerprint density at radius 3 is 2.68 bits per heavy atom. The van der Waals surface area contributed by atoms with Crippen LogP contribution in [0.3, 0.4) is 0 Å². The molecular weight excluding hydrogens is 354 g/mol. The van der Waals surface area contributed by atoms with Crippen LogP contribution >= 0.6 is 0 Å². The van der Waals surface area contributed by atoms with E-state index in [1.807, 2.05) is 36.5 Å². The number of hydrogen-bond acceptors (Lipinski definition) is 6. The van der Waals surface area contributed by atoms with Gasteiger partial charge in [-0.2, -0.15) is 0 Å². The van der Waals surface area contributed by atoms with Crippen molar-refractivity contribution >= 4 is 11.7 Å². The van der Waals surface area contributed by atoms with Crippen molar-refractivity contribution in [1.82, 2.24) is 20.3 Å². The fourth-order valence-corrected chi connectivity index (χ4v) is 3.05. The van der Waals surface area contributed by atoms with Crippen LogP contribution in [0.15, 0.2) is 61.3 Å². The van der Waals surface area contributed by atoms with Gasteiger partial charge in [-0.05, 0) is 29.8 Å². The van der Waals surface area contributed by atoms with E-state index < -0.39 is 0 Å². The van der Waals surface area contributed by atoms with E-state index in [9.17, 15) is 4.79 Å². The highest BCUT2D eigenvalue weighted by atomic mass is 16.5. The summed E-state index contributed by atoms with van der Waals surface area (Å²) in [7, 11) is 0. The number of nitrogens with zero attached hydrogens (tertiary/aromatic N) is 4. The zero-order valence-corrected chi connectivity index (χ0v) is 15.4. The summed E-state index contributed by atoms with van der Waals surface area (Å²) in [6.45, 7) is 3.57. The van der Waals surface area contributed by atoms with Gasteiger partial charge in [-0.25, -0.2) is 4.98 Å². The summed E-state index contributed by atoms with van der Waals surface area (Å²) in [6, 6.07) is 9.60. The van der Waals surface area contributed by atoms with Crippen LogP contribution in [0.1, 0.15) is 15.9 Å². The van der Waals surface area contributed by atoms with Crippen LogP contribution in [0.4, 0.5) is 5.82 Å². The van der Waals surface area contributed by atoms with E-state index >= 15 is 0 Å². The number of nitrogens with one attached hydrogen (secondary N) is 1. The van der Waals surface area contributed by atoms with Gasteiger partial charge in [-0.3, -0.25) is 14.8 Å². The van der Waals surface area contributed by atoms with Crippen molar-refractivity contribution in [2.45, 2.75) is 6.54 Å². The maximum Gasteiger partial charge on any atom is 0.253 e. The van der Waals surface area contributed by atoms with Crippen molar-refractivity contribution in [1.29, 1.82) is 0 Å². The maximum absolute atomic E-state index is 12.5. The number of hydrogen-bond donors (Lipinski definition) is 1. The van der Waals surface area contributed by atoms with Gasteiger partial charge < -0.3 is 15.0 Å². The van der Waals surface area contributed by atoms with E-state index in [2.05, 4.69) is 25.2 Å². The Bertz CT molecular complexity index is 925. The summed E-state index contributed by atoms with van der Waals surface area (Å²) in [6.07, 6.45) is 8.56. The number of aromatic nitrogens is 3. The van der Waals surface area contributed by atoms with Crippen molar-refractivity contribution in [2.75, 3.05) is 31.2 Å². The number of anilines is 1. The molecule has 3 aromatic rings. The first kappa shape index (κ1) is 18.1. The predicted octanol–water partition coefficient (Wildman–Crippen LogP) is 2.31. The molecule has 3 aromatic heterocycles. The SMILES string of the molecule is O=C(NCc1cccnc1)c1cncc(-c2ccc(N3CCOCC3)nc2)c1. The number of amides is 1. The average Bonchev–Trinajstić information content (AvgIpc) is 2.79. The molecule has 0 aromatic carbocycles. The molecule has 1 N–H and O–H groups in total. The molecule has 1 fully saturated rings. The molecule has 0 radical (unpaired) electrons. The third kappa shape index (κ3) is 4.32. The first-order valence-electron chi connectivity index (χ1n) is 9.21. The minimum atomic E-state index is -0.170. The molecule has 0 spiro atoms. The monoisotopic (exact) mass is 375 g/mol. The molecule has 142 valence electrons. The van der Waals surface area contributed by atoms with Gasteiger partial charge in [0.1, 0.15) is 5.82 Å². The highest BCUT2D eigenvalue weighted by molar-refractivity contribution is 5.95. The van der Waals surface area contributed by atoms with Crippen LogP contribution in [0, 0.1) is 0 Å². The number of ether oxygens (including phenoxy) is 1. The standard InChI is InChI=1S/C21H21N5O2/c27-21(25-12-16-2-1-5-22-11-16)19-10-18(13-23-14-19)17-3-4-20(24-15-17)26-6-8-28-9-7-26/h1-5,10-11,13-15H,6-9,12H2,(H,25,27). The largest absolute Gasteiger partial charge is 0.378 e. The minimum absolute atomic E-state index is 0.170. The summed E-state index contributed by atoms with van der Waals surface area (Å²) in [5.41, 5.74) is 3.24. The van der Waals surface area contributed by atoms with Crippen LogP contribution in [-0.2, 0) is 11.3 Å². The lowest BCUT2D eigenvalue weighted by atomic mass is 10.1. The van der Waals surface area contributed by atoms with E-state index in [0.29, 0.717) is 12.1 Å². The normalized spacial score (nSPS) is 13.9. The zero-order valence-electron chi connectivity index (χ0n) is 15.4. The molecule has 0 saturated carbocycles. The van der Waals surface area contributed by atoms with Gasteiger partial charge >= 0.3 is 0 Å². The Labute approximate surface area is 163 Å². The second-order valence-electron chi connectivity index (χ2n) is 6.51. The third-order valence-electron chi connectivity index (χ3n) is 4.59. The van der Waals surface area contributed by atoms with Gasteiger partial charge in [0.15, 0.2) is 0 Å². The maximum atomic E-state index is 12.5. The van der Waals surface area contributed by atoms with Crippen LogP contribution < -0.4 is 10.2 Å². The van der Waals surface area contributed by atoms with Gasteiger partial charge in [0, 0.05) is 61.7 Å². The van der Waals surface area contributed by atoms with Crippen molar-refractivity contribution in [3.63, 3.8) is 0 Å². The first-order chi connectivity index (χ1) is 13.8.